The van der Waals surface area contributed by atoms with E-state index in [4.69, 9.17) is 4.74 Å². The minimum Gasteiger partial charge on any atom is -0.444 e. The first-order valence-corrected chi connectivity index (χ1v) is 7.44. The molecule has 0 bridgehead atoms. The molecule has 19 heavy (non-hydrogen) atoms. The Labute approximate surface area is 130 Å². The van der Waals surface area contributed by atoms with Crippen molar-refractivity contribution in [1.82, 2.24) is 5.32 Å². The number of carbonyl (C=O) groups excluding carboxylic acids is 1. The van der Waals surface area contributed by atoms with Crippen molar-refractivity contribution in [2.45, 2.75) is 26.4 Å². The van der Waals surface area contributed by atoms with Gasteiger partial charge < -0.3 is 10.1 Å². The molecule has 1 rings (SSSR count). The summed E-state index contributed by atoms with van der Waals surface area (Å²) in [4.78, 5) is 11.4. The number of alkyl carbamates (subject to hydrolysis) is 1. The first-order valence-electron chi connectivity index (χ1n) is 5.86. The average molecular weight is 391 g/mol. The molecule has 0 fully saturated rings. The van der Waals surface area contributed by atoms with E-state index < -0.39 is 11.7 Å². The lowest BCUT2D eigenvalue weighted by Gasteiger charge is -2.19. The minimum absolute atomic E-state index is 0.410. The van der Waals surface area contributed by atoms with Gasteiger partial charge in [0.2, 0.25) is 0 Å². The predicted octanol–water partition coefficient (Wildman–Crippen LogP) is 4.75. The van der Waals surface area contributed by atoms with Gasteiger partial charge in [-0.2, -0.15) is 0 Å². The monoisotopic (exact) mass is 389 g/mol. The Hall–Kier alpha value is -0.810. The number of carbonyl (C=O) groups is 1. The van der Waals surface area contributed by atoms with Crippen LogP contribution >= 0.6 is 31.9 Å². The molecule has 0 saturated carbocycles. The van der Waals surface area contributed by atoms with Crippen LogP contribution in [0.15, 0.2) is 33.2 Å². The third-order valence-electron chi connectivity index (χ3n) is 1.96. The Morgan fingerprint density at radius 1 is 1.26 bits per heavy atom. The molecule has 0 heterocycles. The van der Waals surface area contributed by atoms with Gasteiger partial charge in [0.1, 0.15) is 5.60 Å². The Bertz CT molecular complexity index is 459. The molecule has 3 nitrogen and oxygen atoms in total. The van der Waals surface area contributed by atoms with Crippen molar-refractivity contribution in [1.29, 1.82) is 0 Å². The van der Waals surface area contributed by atoms with Gasteiger partial charge in [-0.1, -0.05) is 44.0 Å². The van der Waals surface area contributed by atoms with E-state index in [0.717, 1.165) is 14.5 Å². The Kier molecular flexibility index (Phi) is 6.07. The van der Waals surface area contributed by atoms with Gasteiger partial charge in [-0.15, -0.1) is 0 Å². The summed E-state index contributed by atoms with van der Waals surface area (Å²) < 4.78 is 7.13. The van der Waals surface area contributed by atoms with Crippen LogP contribution in [0.3, 0.4) is 0 Å². The fourth-order valence-electron chi connectivity index (χ4n) is 1.32. The molecule has 0 radical (unpaired) electrons. The number of hydrogen-bond acceptors (Lipinski definition) is 2. The van der Waals surface area contributed by atoms with Gasteiger partial charge in [0, 0.05) is 15.5 Å². The number of rotatable bonds is 3. The molecule has 0 atom stereocenters. The molecule has 1 aromatic carbocycles. The average Bonchev–Trinajstić information content (AvgIpc) is 2.20. The van der Waals surface area contributed by atoms with Crippen LogP contribution in [0, 0.1) is 0 Å². The highest BCUT2D eigenvalue weighted by Gasteiger charge is 2.14. The predicted molar refractivity (Wildman–Crippen MR) is 85.1 cm³/mol. The van der Waals surface area contributed by atoms with Crippen molar-refractivity contribution in [3.8, 4) is 0 Å². The maximum atomic E-state index is 11.4. The summed E-state index contributed by atoms with van der Waals surface area (Å²) in [6.45, 7) is 5.93. The number of nitrogens with one attached hydrogen (secondary N) is 1. The summed E-state index contributed by atoms with van der Waals surface area (Å²) in [7, 11) is 0. The SMILES string of the molecule is CC(C)(C)OC(=O)NCC=Cc1cc(Br)cc(Br)c1. The first kappa shape index (κ1) is 16.2. The molecule has 5 heteroatoms. The zero-order valence-corrected chi connectivity index (χ0v) is 14.3. The fourth-order valence-corrected chi connectivity index (χ4v) is 2.65. The smallest absolute Gasteiger partial charge is 0.407 e. The quantitative estimate of drug-likeness (QED) is 0.808. The highest BCUT2D eigenvalue weighted by molar-refractivity contribution is 9.11. The molecule has 0 aliphatic heterocycles. The number of ether oxygens (including phenoxy) is 1. The lowest BCUT2D eigenvalue weighted by molar-refractivity contribution is 0.0534. The normalized spacial score (nSPS) is 11.6. The molecule has 0 unspecified atom stereocenters. The van der Waals surface area contributed by atoms with E-state index in [2.05, 4.69) is 37.2 Å². The van der Waals surface area contributed by atoms with Gasteiger partial charge in [0.15, 0.2) is 0 Å². The lowest BCUT2D eigenvalue weighted by atomic mass is 10.2. The van der Waals surface area contributed by atoms with Crippen LogP contribution < -0.4 is 5.32 Å². The summed E-state index contributed by atoms with van der Waals surface area (Å²) in [5.41, 5.74) is 0.579. The Balaban J connectivity index is 2.44. The second-order valence-corrected chi connectivity index (χ2v) is 6.82. The summed E-state index contributed by atoms with van der Waals surface area (Å²) in [5.74, 6) is 0. The van der Waals surface area contributed by atoms with Gasteiger partial charge in [0.05, 0.1) is 0 Å². The summed E-state index contributed by atoms with van der Waals surface area (Å²) in [6.07, 6.45) is 3.40. The molecule has 0 saturated heterocycles. The van der Waals surface area contributed by atoms with Gasteiger partial charge in [0.25, 0.3) is 0 Å². The van der Waals surface area contributed by atoms with Crippen LogP contribution in [0.25, 0.3) is 6.08 Å². The molecular weight excluding hydrogens is 374 g/mol. The lowest BCUT2D eigenvalue weighted by Crippen LogP contribution is -2.32. The van der Waals surface area contributed by atoms with Crippen LogP contribution in [0.1, 0.15) is 26.3 Å². The maximum absolute atomic E-state index is 11.4. The maximum Gasteiger partial charge on any atom is 0.407 e. The van der Waals surface area contributed by atoms with Crippen molar-refractivity contribution in [2.75, 3.05) is 6.54 Å². The highest BCUT2D eigenvalue weighted by Crippen LogP contribution is 2.20. The van der Waals surface area contributed by atoms with Crippen molar-refractivity contribution in [3.05, 3.63) is 38.8 Å². The summed E-state index contributed by atoms with van der Waals surface area (Å²) >= 11 is 6.85. The van der Waals surface area contributed by atoms with Crippen LogP contribution in [-0.4, -0.2) is 18.2 Å². The van der Waals surface area contributed by atoms with E-state index >= 15 is 0 Å². The fraction of sp³-hybridized carbons (Fsp3) is 0.357. The van der Waals surface area contributed by atoms with Crippen LogP contribution in [0.2, 0.25) is 0 Å². The van der Waals surface area contributed by atoms with Gasteiger partial charge >= 0.3 is 6.09 Å². The van der Waals surface area contributed by atoms with E-state index in [1.807, 2.05) is 51.1 Å². The molecular formula is C14H17Br2NO2. The van der Waals surface area contributed by atoms with Gasteiger partial charge in [-0.3, -0.25) is 0 Å². The Morgan fingerprint density at radius 3 is 2.37 bits per heavy atom. The number of amides is 1. The molecule has 104 valence electrons. The largest absolute Gasteiger partial charge is 0.444 e. The topological polar surface area (TPSA) is 38.3 Å². The van der Waals surface area contributed by atoms with Gasteiger partial charge in [-0.25, -0.2) is 4.79 Å². The number of halogens is 2. The second-order valence-electron chi connectivity index (χ2n) is 4.99. The molecule has 0 spiro atoms. The second kappa shape index (κ2) is 7.10. The molecule has 0 aliphatic carbocycles. The number of hydrogen-bond donors (Lipinski definition) is 1. The van der Waals surface area contributed by atoms with Crippen molar-refractivity contribution < 1.29 is 9.53 Å². The number of benzene rings is 1. The standard InChI is InChI=1S/C14H17Br2NO2/c1-14(2,3)19-13(18)17-6-4-5-10-7-11(15)9-12(16)8-10/h4-5,7-9H,6H2,1-3H3,(H,17,18). The molecule has 1 N–H and O–H groups in total. The molecule has 0 aliphatic rings. The molecule has 0 aromatic heterocycles. The Morgan fingerprint density at radius 2 is 1.84 bits per heavy atom. The van der Waals surface area contributed by atoms with Crippen LogP contribution in [-0.2, 0) is 4.74 Å². The van der Waals surface area contributed by atoms with E-state index in [-0.39, 0.29) is 0 Å². The van der Waals surface area contributed by atoms with E-state index in [1.54, 1.807) is 0 Å². The van der Waals surface area contributed by atoms with Crippen LogP contribution in [0.5, 0.6) is 0 Å². The van der Waals surface area contributed by atoms with E-state index in [9.17, 15) is 4.79 Å². The zero-order chi connectivity index (χ0) is 14.5. The van der Waals surface area contributed by atoms with E-state index in [0.29, 0.717) is 6.54 Å². The minimum atomic E-state index is -0.469. The summed E-state index contributed by atoms with van der Waals surface area (Å²) in [6, 6.07) is 5.96. The van der Waals surface area contributed by atoms with Gasteiger partial charge in [-0.05, 0) is 44.5 Å². The third kappa shape index (κ3) is 7.38. The summed E-state index contributed by atoms with van der Waals surface area (Å²) in [5, 5.41) is 2.67. The first-order chi connectivity index (χ1) is 8.76. The van der Waals surface area contributed by atoms with E-state index in [1.165, 1.54) is 0 Å². The molecule has 1 amide bonds. The van der Waals surface area contributed by atoms with Crippen molar-refractivity contribution in [3.63, 3.8) is 0 Å². The van der Waals surface area contributed by atoms with Crippen LogP contribution in [0.4, 0.5) is 4.79 Å². The van der Waals surface area contributed by atoms with Crippen molar-refractivity contribution >= 4 is 44.0 Å². The zero-order valence-electron chi connectivity index (χ0n) is 11.2. The molecule has 1 aromatic rings. The third-order valence-corrected chi connectivity index (χ3v) is 2.87. The van der Waals surface area contributed by atoms with Crippen molar-refractivity contribution in [2.24, 2.45) is 0 Å². The highest BCUT2D eigenvalue weighted by atomic mass is 79.9.